The molecule has 0 N–H and O–H groups in total. The van der Waals surface area contributed by atoms with Gasteiger partial charge in [-0.1, -0.05) is 37.3 Å². The van der Waals surface area contributed by atoms with Crippen LogP contribution in [-0.4, -0.2) is 6.21 Å². The maximum absolute atomic E-state index is 4.30. The fourth-order valence-corrected chi connectivity index (χ4v) is 1.21. The van der Waals surface area contributed by atoms with Crippen molar-refractivity contribution in [3.05, 3.63) is 68.7 Å². The molecule has 17 heavy (non-hydrogen) atoms. The number of aliphatic imine (C=N–C) groups is 1. The normalized spacial score (nSPS) is 9.00. The number of benzene rings is 1. The Bertz CT molecular complexity index is 432. The third-order valence-corrected chi connectivity index (χ3v) is 1.90. The molecule has 0 spiro atoms. The van der Waals surface area contributed by atoms with Gasteiger partial charge in [-0.25, -0.2) is 0 Å². The van der Waals surface area contributed by atoms with E-state index >= 15 is 0 Å². The van der Waals surface area contributed by atoms with E-state index in [1.54, 1.807) is 6.21 Å². The molecule has 1 aromatic heterocycles. The van der Waals surface area contributed by atoms with E-state index in [1.807, 2.05) is 49.4 Å². The molecule has 2 nitrogen and oxygen atoms in total. The Kier molecular flexibility index (Phi) is 9.63. The predicted octanol–water partition coefficient (Wildman–Crippen LogP) is 3.60. The van der Waals surface area contributed by atoms with Gasteiger partial charge < -0.3 is 19.8 Å². The van der Waals surface area contributed by atoms with Crippen LogP contribution in [0.4, 0.5) is 5.69 Å². The first-order valence-corrected chi connectivity index (χ1v) is 4.54. The van der Waals surface area contributed by atoms with Crippen molar-refractivity contribution in [3.63, 3.8) is 0 Å². The van der Waals surface area contributed by atoms with Gasteiger partial charge in [0.15, 0.2) is 0 Å². The van der Waals surface area contributed by atoms with Crippen LogP contribution in [0.3, 0.4) is 0 Å². The van der Waals surface area contributed by atoms with E-state index in [1.165, 1.54) is 0 Å². The predicted molar refractivity (Wildman–Crippen MR) is 71.0 cm³/mol. The quantitative estimate of drug-likeness (QED) is 0.461. The molecule has 87 valence electrons. The fraction of sp³-hybridized carbons (Fsp3) is 0.0714. The Morgan fingerprint density at radius 2 is 1.65 bits per heavy atom. The second kappa shape index (κ2) is 8.97. The molecule has 2 rings (SSSR count). The minimum atomic E-state index is 0. The molecular weight excluding hydrogens is 244 g/mol. The zero-order valence-electron chi connectivity index (χ0n) is 10.5. The van der Waals surface area contributed by atoms with Gasteiger partial charge in [-0.15, -0.1) is 5.69 Å². The SMILES string of the molecule is Cc1ccc(C=Nc2ccccc2)[n-]1.[CH3-].[CH3-].[Ti+3]. The van der Waals surface area contributed by atoms with Crippen molar-refractivity contribution in [3.8, 4) is 0 Å². The summed E-state index contributed by atoms with van der Waals surface area (Å²) in [7, 11) is 0. The molecule has 0 saturated heterocycles. The summed E-state index contributed by atoms with van der Waals surface area (Å²) in [5, 5.41) is 0. The van der Waals surface area contributed by atoms with Crippen LogP contribution in [0.1, 0.15) is 11.4 Å². The van der Waals surface area contributed by atoms with Gasteiger partial charge in [0, 0.05) is 6.21 Å². The van der Waals surface area contributed by atoms with Crippen LogP contribution in [-0.2, 0) is 21.7 Å². The summed E-state index contributed by atoms with van der Waals surface area (Å²) in [6.07, 6.45) is 1.78. The van der Waals surface area contributed by atoms with E-state index < -0.39 is 0 Å². The third kappa shape index (κ3) is 5.67. The molecule has 3 heteroatoms. The van der Waals surface area contributed by atoms with Crippen molar-refractivity contribution >= 4 is 11.9 Å². The zero-order valence-corrected chi connectivity index (χ0v) is 12.1. The van der Waals surface area contributed by atoms with E-state index in [-0.39, 0.29) is 36.6 Å². The molecule has 0 unspecified atom stereocenters. The molecule has 0 atom stereocenters. The molecule has 0 aliphatic rings. The van der Waals surface area contributed by atoms with Crippen molar-refractivity contribution < 1.29 is 21.7 Å². The molecule has 1 heterocycles. The minimum Gasteiger partial charge on any atom is -0.660 e. The fourth-order valence-electron chi connectivity index (χ4n) is 1.21. The van der Waals surface area contributed by atoms with E-state index in [9.17, 15) is 0 Å². The number of nitrogens with zero attached hydrogens (tertiary/aromatic N) is 2. The number of hydrogen-bond acceptors (Lipinski definition) is 1. The smallest absolute Gasteiger partial charge is 0.660 e. The summed E-state index contributed by atoms with van der Waals surface area (Å²) in [4.78, 5) is 8.58. The van der Waals surface area contributed by atoms with Gasteiger partial charge in [-0.05, 0) is 12.1 Å². The molecule has 0 aliphatic heterocycles. The van der Waals surface area contributed by atoms with Crippen LogP contribution in [0.15, 0.2) is 47.5 Å². The maximum Gasteiger partial charge on any atom is 3.00 e. The van der Waals surface area contributed by atoms with Crippen LogP contribution in [0.25, 0.3) is 0 Å². The first kappa shape index (κ1) is 18.3. The van der Waals surface area contributed by atoms with Crippen LogP contribution < -0.4 is 4.98 Å². The van der Waals surface area contributed by atoms with Crippen LogP contribution in [0.5, 0.6) is 0 Å². The molecule has 0 fully saturated rings. The average molecular weight is 261 g/mol. The number of aromatic nitrogens is 1. The van der Waals surface area contributed by atoms with E-state index in [0.29, 0.717) is 0 Å². The van der Waals surface area contributed by atoms with Gasteiger partial charge in [0.25, 0.3) is 0 Å². The molecule has 0 aliphatic carbocycles. The Hall–Kier alpha value is -1.12. The summed E-state index contributed by atoms with van der Waals surface area (Å²) < 4.78 is 0. The standard InChI is InChI=1S/C12H11N2.2CH3.Ti/c1-10-7-8-12(14-10)9-13-11-5-3-2-4-6-11;;;/h2-9H,1H3;2*1H3;/q3*-1;+3. The maximum atomic E-state index is 4.30. The second-order valence-corrected chi connectivity index (χ2v) is 3.11. The topological polar surface area (TPSA) is 26.5 Å². The van der Waals surface area contributed by atoms with Crippen molar-refractivity contribution in [1.29, 1.82) is 0 Å². The summed E-state index contributed by atoms with van der Waals surface area (Å²) in [5.74, 6) is 0. The van der Waals surface area contributed by atoms with Gasteiger partial charge in [0.05, 0.1) is 5.69 Å². The summed E-state index contributed by atoms with van der Waals surface area (Å²) >= 11 is 0. The van der Waals surface area contributed by atoms with E-state index in [4.69, 9.17) is 0 Å². The molecule has 1 aromatic carbocycles. The van der Waals surface area contributed by atoms with Crippen LogP contribution in [0.2, 0.25) is 0 Å². The number of aryl methyl sites for hydroxylation is 1. The molecule has 2 aromatic rings. The number of hydrogen-bond donors (Lipinski definition) is 0. The number of para-hydroxylation sites is 1. The Morgan fingerprint density at radius 1 is 1.00 bits per heavy atom. The minimum absolute atomic E-state index is 0. The van der Waals surface area contributed by atoms with Gasteiger partial charge in [-0.3, -0.25) is 4.99 Å². The zero-order chi connectivity index (χ0) is 9.80. The first-order chi connectivity index (χ1) is 6.84. The molecule has 0 bridgehead atoms. The molecular formula is C14H17N2Ti. The van der Waals surface area contributed by atoms with Crippen molar-refractivity contribution in [2.24, 2.45) is 4.99 Å². The second-order valence-electron chi connectivity index (χ2n) is 3.11. The van der Waals surface area contributed by atoms with Gasteiger partial charge in [-0.2, -0.15) is 5.69 Å². The van der Waals surface area contributed by atoms with Crippen molar-refractivity contribution in [2.45, 2.75) is 6.92 Å². The first-order valence-electron chi connectivity index (χ1n) is 4.54. The summed E-state index contributed by atoms with van der Waals surface area (Å²) in [5.41, 5.74) is 2.89. The van der Waals surface area contributed by atoms with Gasteiger partial charge in [0.2, 0.25) is 0 Å². The molecule has 0 saturated carbocycles. The van der Waals surface area contributed by atoms with Crippen LogP contribution >= 0.6 is 0 Å². The Morgan fingerprint density at radius 3 is 2.18 bits per heavy atom. The Balaban J connectivity index is 0. The molecule has 1 radical (unpaired) electrons. The van der Waals surface area contributed by atoms with Crippen molar-refractivity contribution in [2.75, 3.05) is 0 Å². The van der Waals surface area contributed by atoms with Gasteiger partial charge >= 0.3 is 21.7 Å². The molecule has 0 amide bonds. The largest absolute Gasteiger partial charge is 3.00 e. The average Bonchev–Trinajstić information content (AvgIpc) is 2.63. The third-order valence-electron chi connectivity index (χ3n) is 1.90. The van der Waals surface area contributed by atoms with E-state index in [2.05, 4.69) is 9.98 Å². The van der Waals surface area contributed by atoms with Gasteiger partial charge in [0.1, 0.15) is 0 Å². The summed E-state index contributed by atoms with van der Waals surface area (Å²) in [6.45, 7) is 1.97. The Labute approximate surface area is 119 Å². The van der Waals surface area contributed by atoms with Crippen LogP contribution in [0, 0.1) is 21.8 Å². The summed E-state index contributed by atoms with van der Waals surface area (Å²) in [6, 6.07) is 13.8. The van der Waals surface area contributed by atoms with E-state index in [0.717, 1.165) is 17.1 Å². The van der Waals surface area contributed by atoms with Crippen molar-refractivity contribution in [1.82, 2.24) is 4.98 Å². The number of rotatable bonds is 2. The monoisotopic (exact) mass is 261 g/mol.